The van der Waals surface area contributed by atoms with E-state index in [1.807, 2.05) is 30.3 Å². The average Bonchev–Trinajstić information content (AvgIpc) is 2.74. The van der Waals surface area contributed by atoms with Gasteiger partial charge in [-0.05, 0) is 43.2 Å². The van der Waals surface area contributed by atoms with Gasteiger partial charge in [0.2, 0.25) is 21.8 Å². The number of carbonyl (C=O) groups is 2. The van der Waals surface area contributed by atoms with Crippen LogP contribution in [-0.2, 0) is 19.6 Å². The van der Waals surface area contributed by atoms with Crippen LogP contribution in [0.4, 0.5) is 5.69 Å². The predicted octanol–water partition coefficient (Wildman–Crippen LogP) is 2.89. The molecule has 2 N–H and O–H groups in total. The summed E-state index contributed by atoms with van der Waals surface area (Å²) in [7, 11) is -3.72. The molecule has 1 aliphatic rings. The van der Waals surface area contributed by atoms with Gasteiger partial charge >= 0.3 is 0 Å². The third kappa shape index (κ3) is 6.04. The monoisotopic (exact) mass is 449 g/mol. The molecule has 1 fully saturated rings. The van der Waals surface area contributed by atoms with Gasteiger partial charge in [-0.15, -0.1) is 0 Å². The van der Waals surface area contributed by atoms with Gasteiger partial charge in [-0.25, -0.2) is 13.1 Å². The summed E-state index contributed by atoms with van der Waals surface area (Å²) < 4.78 is 27.0. The van der Waals surface area contributed by atoms with E-state index in [9.17, 15) is 18.0 Å². The van der Waals surface area contributed by atoms with Crippen LogP contribution in [0.1, 0.15) is 19.3 Å². The van der Waals surface area contributed by atoms with Crippen LogP contribution in [0, 0.1) is 5.92 Å². The second-order valence-electron chi connectivity index (χ2n) is 7.12. The minimum atomic E-state index is -3.72. The number of sulfonamides is 1. The van der Waals surface area contributed by atoms with Gasteiger partial charge in [0.25, 0.3) is 0 Å². The molecule has 1 heterocycles. The summed E-state index contributed by atoms with van der Waals surface area (Å²) in [5.41, 5.74) is 0.757. The van der Waals surface area contributed by atoms with E-state index in [4.69, 9.17) is 11.6 Å². The van der Waals surface area contributed by atoms with Crippen LogP contribution in [0.2, 0.25) is 5.02 Å². The molecule has 1 saturated heterocycles. The van der Waals surface area contributed by atoms with E-state index in [0.29, 0.717) is 31.0 Å². The van der Waals surface area contributed by atoms with Crippen molar-refractivity contribution in [2.24, 2.45) is 5.92 Å². The molecule has 0 atom stereocenters. The number of anilines is 1. The largest absolute Gasteiger partial charge is 0.343 e. The lowest BCUT2D eigenvalue weighted by Gasteiger charge is -2.31. The van der Waals surface area contributed by atoms with E-state index in [1.165, 1.54) is 12.1 Å². The number of nitrogens with one attached hydrogen (secondary N) is 2. The Morgan fingerprint density at radius 2 is 1.73 bits per heavy atom. The molecule has 1 aliphatic heterocycles. The fraction of sp³-hybridized carbons (Fsp3) is 0.333. The smallest absolute Gasteiger partial charge is 0.240 e. The molecule has 2 aromatic carbocycles. The molecule has 0 bridgehead atoms. The number of piperidine rings is 1. The predicted molar refractivity (Wildman–Crippen MR) is 116 cm³/mol. The Morgan fingerprint density at radius 3 is 2.40 bits per heavy atom. The molecule has 9 heteroatoms. The highest BCUT2D eigenvalue weighted by atomic mass is 35.5. The van der Waals surface area contributed by atoms with Gasteiger partial charge in [0.1, 0.15) is 0 Å². The summed E-state index contributed by atoms with van der Waals surface area (Å²) in [4.78, 5) is 26.5. The lowest BCUT2D eigenvalue weighted by Crippen LogP contribution is -2.42. The zero-order valence-electron chi connectivity index (χ0n) is 16.4. The summed E-state index contributed by atoms with van der Waals surface area (Å²) >= 11 is 5.83. The van der Waals surface area contributed by atoms with Gasteiger partial charge in [0.05, 0.1) is 4.90 Å². The van der Waals surface area contributed by atoms with Crippen LogP contribution in [0.5, 0.6) is 0 Å². The summed E-state index contributed by atoms with van der Waals surface area (Å²) in [5.74, 6) is -0.316. The number of hydrogen-bond acceptors (Lipinski definition) is 4. The third-order valence-electron chi connectivity index (χ3n) is 5.00. The molecular weight excluding hydrogens is 426 g/mol. The summed E-state index contributed by atoms with van der Waals surface area (Å²) in [6, 6.07) is 15.2. The van der Waals surface area contributed by atoms with Crippen LogP contribution >= 0.6 is 11.6 Å². The zero-order chi connectivity index (χ0) is 21.6. The lowest BCUT2D eigenvalue weighted by atomic mass is 9.95. The zero-order valence-corrected chi connectivity index (χ0v) is 18.0. The number of likely N-dealkylation sites (tertiary alicyclic amines) is 1. The normalized spacial score (nSPS) is 15.0. The molecule has 160 valence electrons. The Bertz CT molecular complexity index is 990. The standard InChI is InChI=1S/C21H24ClN3O4S/c22-17-5-4-8-19(15-17)30(28,29)23-12-9-20(26)25-13-10-16(11-14-25)21(27)24-18-6-2-1-3-7-18/h1-8,15-16,23H,9-14H2,(H,24,27). The van der Waals surface area contributed by atoms with Gasteiger partial charge in [0.15, 0.2) is 0 Å². The molecule has 0 spiro atoms. The molecule has 0 unspecified atom stereocenters. The van der Waals surface area contributed by atoms with Crippen LogP contribution in [-0.4, -0.2) is 44.8 Å². The molecule has 2 aromatic rings. The first-order chi connectivity index (χ1) is 14.3. The number of hydrogen-bond donors (Lipinski definition) is 2. The number of benzene rings is 2. The van der Waals surface area contributed by atoms with Gasteiger partial charge in [-0.2, -0.15) is 0 Å². The Labute approximate surface area is 181 Å². The van der Waals surface area contributed by atoms with Gasteiger partial charge < -0.3 is 10.2 Å². The van der Waals surface area contributed by atoms with Crippen molar-refractivity contribution in [3.05, 3.63) is 59.6 Å². The number of rotatable bonds is 7. The minimum absolute atomic E-state index is 0.00209. The SMILES string of the molecule is O=C(Nc1ccccc1)C1CCN(C(=O)CCNS(=O)(=O)c2cccc(Cl)c2)CC1. The number of para-hydroxylation sites is 1. The molecule has 0 radical (unpaired) electrons. The number of amides is 2. The van der Waals surface area contributed by atoms with Gasteiger partial charge in [-0.1, -0.05) is 35.9 Å². The molecule has 0 aromatic heterocycles. The Morgan fingerprint density at radius 1 is 1.03 bits per heavy atom. The molecule has 0 saturated carbocycles. The fourth-order valence-corrected chi connectivity index (χ4v) is 4.66. The highest BCUT2D eigenvalue weighted by molar-refractivity contribution is 7.89. The Balaban J connectivity index is 1.42. The van der Waals surface area contributed by atoms with E-state index in [1.54, 1.807) is 17.0 Å². The number of halogens is 1. The first kappa shape index (κ1) is 22.3. The van der Waals surface area contributed by atoms with E-state index >= 15 is 0 Å². The Kier molecular flexibility index (Phi) is 7.47. The van der Waals surface area contributed by atoms with Crippen molar-refractivity contribution in [1.82, 2.24) is 9.62 Å². The fourth-order valence-electron chi connectivity index (χ4n) is 3.32. The highest BCUT2D eigenvalue weighted by Crippen LogP contribution is 2.20. The van der Waals surface area contributed by atoms with Crippen molar-refractivity contribution >= 4 is 39.1 Å². The molecule has 0 aliphatic carbocycles. The Hall–Kier alpha value is -2.42. The van der Waals surface area contributed by atoms with Crippen molar-refractivity contribution in [3.8, 4) is 0 Å². The molecule has 2 amide bonds. The third-order valence-corrected chi connectivity index (χ3v) is 6.69. The van der Waals surface area contributed by atoms with Crippen molar-refractivity contribution in [1.29, 1.82) is 0 Å². The molecular formula is C21H24ClN3O4S. The first-order valence-electron chi connectivity index (χ1n) is 9.74. The first-order valence-corrected chi connectivity index (χ1v) is 11.6. The summed E-state index contributed by atoms with van der Waals surface area (Å²) in [5, 5.41) is 3.22. The van der Waals surface area contributed by atoms with Crippen LogP contribution in [0.3, 0.4) is 0 Å². The number of nitrogens with zero attached hydrogens (tertiary/aromatic N) is 1. The van der Waals surface area contributed by atoms with Crippen molar-refractivity contribution in [3.63, 3.8) is 0 Å². The van der Waals surface area contributed by atoms with E-state index in [2.05, 4.69) is 10.0 Å². The summed E-state index contributed by atoms with van der Waals surface area (Å²) in [6.07, 6.45) is 1.22. The number of carbonyl (C=O) groups excluding carboxylic acids is 2. The highest BCUT2D eigenvalue weighted by Gasteiger charge is 2.27. The van der Waals surface area contributed by atoms with Crippen LogP contribution in [0.15, 0.2) is 59.5 Å². The molecule has 7 nitrogen and oxygen atoms in total. The average molecular weight is 450 g/mol. The van der Waals surface area contributed by atoms with Gasteiger partial charge in [0, 0.05) is 42.7 Å². The van der Waals surface area contributed by atoms with E-state index in [-0.39, 0.29) is 35.6 Å². The van der Waals surface area contributed by atoms with Gasteiger partial charge in [-0.3, -0.25) is 9.59 Å². The van der Waals surface area contributed by atoms with Crippen LogP contribution < -0.4 is 10.0 Å². The van der Waals surface area contributed by atoms with Crippen molar-refractivity contribution in [2.75, 3.05) is 25.0 Å². The maximum atomic E-state index is 12.4. The second kappa shape index (κ2) is 10.1. The van der Waals surface area contributed by atoms with Crippen molar-refractivity contribution in [2.45, 2.75) is 24.2 Å². The maximum absolute atomic E-state index is 12.4. The minimum Gasteiger partial charge on any atom is -0.343 e. The van der Waals surface area contributed by atoms with E-state index in [0.717, 1.165) is 5.69 Å². The quantitative estimate of drug-likeness (QED) is 0.679. The lowest BCUT2D eigenvalue weighted by molar-refractivity contribution is -0.134. The van der Waals surface area contributed by atoms with Crippen LogP contribution in [0.25, 0.3) is 0 Å². The molecule has 30 heavy (non-hydrogen) atoms. The molecule has 3 rings (SSSR count). The maximum Gasteiger partial charge on any atom is 0.240 e. The topological polar surface area (TPSA) is 95.6 Å². The summed E-state index contributed by atoms with van der Waals surface area (Å²) in [6.45, 7) is 0.960. The van der Waals surface area contributed by atoms with Crippen molar-refractivity contribution < 1.29 is 18.0 Å². The second-order valence-corrected chi connectivity index (χ2v) is 9.32. The van der Waals surface area contributed by atoms with E-state index < -0.39 is 10.0 Å².